The van der Waals surface area contributed by atoms with E-state index in [4.69, 9.17) is 9.47 Å². The van der Waals surface area contributed by atoms with E-state index in [1.165, 1.54) is 11.1 Å². The van der Waals surface area contributed by atoms with Gasteiger partial charge in [0.2, 0.25) is 0 Å². The predicted octanol–water partition coefficient (Wildman–Crippen LogP) is 3.84. The molecule has 0 aliphatic heterocycles. The number of hydrogen-bond acceptors (Lipinski definition) is 3. The van der Waals surface area contributed by atoms with Crippen LogP contribution in [-0.4, -0.2) is 19.7 Å². The van der Waals surface area contributed by atoms with E-state index in [1.807, 2.05) is 13.0 Å². The van der Waals surface area contributed by atoms with Gasteiger partial charge in [0.15, 0.2) is 0 Å². The molecule has 3 heteroatoms. The fraction of sp³-hybridized carbons (Fsp3) is 0.588. The van der Waals surface area contributed by atoms with Crippen LogP contribution in [0.2, 0.25) is 0 Å². The average molecular weight is 276 g/mol. The Morgan fingerprint density at radius 2 is 1.95 bits per heavy atom. The molecule has 0 spiro atoms. The second-order valence-corrected chi connectivity index (χ2v) is 5.55. The molecule has 1 aliphatic rings. The molecule has 1 fully saturated rings. The van der Waals surface area contributed by atoms with Gasteiger partial charge in [-0.2, -0.15) is 0 Å². The van der Waals surface area contributed by atoms with E-state index in [9.17, 15) is 4.79 Å². The SMILES string of the molecule is CCOC(=O)C1CCC(c2cc(C)ccc2OC)CC1. The van der Waals surface area contributed by atoms with Gasteiger partial charge in [0.05, 0.1) is 19.6 Å². The fourth-order valence-corrected chi connectivity index (χ4v) is 3.07. The zero-order valence-electron chi connectivity index (χ0n) is 12.6. The Labute approximate surface area is 121 Å². The van der Waals surface area contributed by atoms with Crippen LogP contribution in [0.4, 0.5) is 0 Å². The number of carbonyl (C=O) groups excluding carboxylic acids is 1. The van der Waals surface area contributed by atoms with Crippen LogP contribution >= 0.6 is 0 Å². The highest BCUT2D eigenvalue weighted by atomic mass is 16.5. The Morgan fingerprint density at radius 1 is 1.25 bits per heavy atom. The van der Waals surface area contributed by atoms with E-state index < -0.39 is 0 Å². The topological polar surface area (TPSA) is 35.5 Å². The van der Waals surface area contributed by atoms with Gasteiger partial charge in [0.25, 0.3) is 0 Å². The van der Waals surface area contributed by atoms with Gasteiger partial charge in [0, 0.05) is 0 Å². The first-order chi connectivity index (χ1) is 9.65. The molecular weight excluding hydrogens is 252 g/mol. The molecule has 0 amide bonds. The Kier molecular flexibility index (Phi) is 5.05. The maximum Gasteiger partial charge on any atom is 0.308 e. The minimum Gasteiger partial charge on any atom is -0.496 e. The molecular formula is C17H24O3. The van der Waals surface area contributed by atoms with Crippen molar-refractivity contribution in [2.45, 2.75) is 45.4 Å². The normalized spacial score (nSPS) is 22.4. The van der Waals surface area contributed by atoms with Crippen molar-refractivity contribution < 1.29 is 14.3 Å². The highest BCUT2D eigenvalue weighted by molar-refractivity contribution is 5.72. The van der Waals surface area contributed by atoms with E-state index >= 15 is 0 Å². The Bertz CT molecular complexity index is 459. The first-order valence-electron chi connectivity index (χ1n) is 7.46. The summed E-state index contributed by atoms with van der Waals surface area (Å²) in [6.07, 6.45) is 3.90. The molecule has 0 N–H and O–H groups in total. The van der Waals surface area contributed by atoms with Crippen molar-refractivity contribution in [2.24, 2.45) is 5.92 Å². The predicted molar refractivity (Wildman–Crippen MR) is 79.1 cm³/mol. The molecule has 20 heavy (non-hydrogen) atoms. The summed E-state index contributed by atoms with van der Waals surface area (Å²) in [5.41, 5.74) is 2.54. The van der Waals surface area contributed by atoms with Crippen LogP contribution in [-0.2, 0) is 9.53 Å². The van der Waals surface area contributed by atoms with Crippen LogP contribution in [0.1, 0.15) is 49.7 Å². The molecule has 0 atom stereocenters. The molecule has 1 aliphatic carbocycles. The maximum atomic E-state index is 11.8. The summed E-state index contributed by atoms with van der Waals surface area (Å²) in [7, 11) is 1.72. The molecule has 0 radical (unpaired) electrons. The molecule has 0 bridgehead atoms. The van der Waals surface area contributed by atoms with Gasteiger partial charge in [-0.15, -0.1) is 0 Å². The minimum atomic E-state index is -0.0258. The summed E-state index contributed by atoms with van der Waals surface area (Å²) < 4.78 is 10.6. The lowest BCUT2D eigenvalue weighted by Gasteiger charge is -2.28. The second-order valence-electron chi connectivity index (χ2n) is 5.55. The summed E-state index contributed by atoms with van der Waals surface area (Å²) >= 11 is 0. The Hall–Kier alpha value is -1.51. The molecule has 0 unspecified atom stereocenters. The zero-order valence-corrected chi connectivity index (χ0v) is 12.6. The molecule has 1 saturated carbocycles. The molecule has 1 aromatic carbocycles. The van der Waals surface area contributed by atoms with Crippen LogP contribution in [0.25, 0.3) is 0 Å². The van der Waals surface area contributed by atoms with Gasteiger partial charge in [0.1, 0.15) is 5.75 Å². The van der Waals surface area contributed by atoms with Crippen LogP contribution in [0, 0.1) is 12.8 Å². The van der Waals surface area contributed by atoms with Crippen LogP contribution in [0.5, 0.6) is 5.75 Å². The number of hydrogen-bond donors (Lipinski definition) is 0. The lowest BCUT2D eigenvalue weighted by atomic mass is 9.78. The molecule has 3 nitrogen and oxygen atoms in total. The lowest BCUT2D eigenvalue weighted by molar-refractivity contribution is -0.149. The van der Waals surface area contributed by atoms with Crippen molar-refractivity contribution in [1.29, 1.82) is 0 Å². The third kappa shape index (κ3) is 3.33. The number of esters is 1. The minimum absolute atomic E-state index is 0.0258. The monoisotopic (exact) mass is 276 g/mol. The number of benzene rings is 1. The van der Waals surface area contributed by atoms with E-state index in [2.05, 4.69) is 19.1 Å². The van der Waals surface area contributed by atoms with Gasteiger partial charge < -0.3 is 9.47 Å². The largest absolute Gasteiger partial charge is 0.496 e. The van der Waals surface area contributed by atoms with Gasteiger partial charge in [-0.1, -0.05) is 17.7 Å². The van der Waals surface area contributed by atoms with Gasteiger partial charge in [-0.25, -0.2) is 0 Å². The lowest BCUT2D eigenvalue weighted by Crippen LogP contribution is -2.23. The summed E-state index contributed by atoms with van der Waals surface area (Å²) in [6, 6.07) is 6.34. The molecule has 1 aromatic rings. The quantitative estimate of drug-likeness (QED) is 0.784. The summed E-state index contributed by atoms with van der Waals surface area (Å²) in [5, 5.41) is 0. The standard InChI is InChI=1S/C17H24O3/c1-4-20-17(18)14-8-6-13(7-9-14)15-11-12(2)5-10-16(15)19-3/h5,10-11,13-14H,4,6-9H2,1-3H3. The molecule has 2 rings (SSSR count). The van der Waals surface area contributed by atoms with Crippen molar-refractivity contribution in [1.82, 2.24) is 0 Å². The third-order valence-corrected chi connectivity index (χ3v) is 4.17. The maximum absolute atomic E-state index is 11.8. The first kappa shape index (κ1) is 14.9. The Morgan fingerprint density at radius 3 is 2.55 bits per heavy atom. The molecule has 110 valence electrons. The van der Waals surface area contributed by atoms with Gasteiger partial charge >= 0.3 is 5.97 Å². The first-order valence-corrected chi connectivity index (χ1v) is 7.46. The van der Waals surface area contributed by atoms with Crippen molar-refractivity contribution in [3.8, 4) is 5.75 Å². The van der Waals surface area contributed by atoms with Gasteiger partial charge in [-0.05, 0) is 57.1 Å². The Balaban J connectivity index is 2.03. The van der Waals surface area contributed by atoms with Crippen molar-refractivity contribution in [3.63, 3.8) is 0 Å². The second kappa shape index (κ2) is 6.78. The number of aryl methyl sites for hydroxylation is 1. The highest BCUT2D eigenvalue weighted by Crippen LogP contribution is 2.40. The number of carbonyl (C=O) groups is 1. The van der Waals surface area contributed by atoms with E-state index in [-0.39, 0.29) is 11.9 Å². The van der Waals surface area contributed by atoms with Crippen LogP contribution < -0.4 is 4.74 Å². The van der Waals surface area contributed by atoms with E-state index in [0.717, 1.165) is 31.4 Å². The van der Waals surface area contributed by atoms with Gasteiger partial charge in [-0.3, -0.25) is 4.79 Å². The van der Waals surface area contributed by atoms with Crippen molar-refractivity contribution in [3.05, 3.63) is 29.3 Å². The smallest absolute Gasteiger partial charge is 0.308 e. The number of methoxy groups -OCH3 is 1. The fourth-order valence-electron chi connectivity index (χ4n) is 3.07. The summed E-state index contributed by atoms with van der Waals surface area (Å²) in [4.78, 5) is 11.8. The zero-order chi connectivity index (χ0) is 14.5. The molecule has 0 heterocycles. The highest BCUT2D eigenvalue weighted by Gasteiger charge is 2.29. The van der Waals surface area contributed by atoms with E-state index in [0.29, 0.717) is 12.5 Å². The van der Waals surface area contributed by atoms with Crippen molar-refractivity contribution in [2.75, 3.05) is 13.7 Å². The summed E-state index contributed by atoms with van der Waals surface area (Å²) in [6.45, 7) is 4.44. The molecule has 0 saturated heterocycles. The van der Waals surface area contributed by atoms with E-state index in [1.54, 1.807) is 7.11 Å². The third-order valence-electron chi connectivity index (χ3n) is 4.17. The number of ether oxygens (including phenoxy) is 2. The number of rotatable bonds is 4. The van der Waals surface area contributed by atoms with Crippen LogP contribution in [0.15, 0.2) is 18.2 Å². The van der Waals surface area contributed by atoms with Crippen molar-refractivity contribution >= 4 is 5.97 Å². The summed E-state index contributed by atoms with van der Waals surface area (Å²) in [5.74, 6) is 1.52. The van der Waals surface area contributed by atoms with Crippen LogP contribution in [0.3, 0.4) is 0 Å². The average Bonchev–Trinajstić information content (AvgIpc) is 2.47. The molecule has 0 aromatic heterocycles.